The summed E-state index contributed by atoms with van der Waals surface area (Å²) in [6.07, 6.45) is 2.05. The number of carbonyl (C=O) groups is 1. The lowest BCUT2D eigenvalue weighted by Gasteiger charge is -2.24. The van der Waals surface area contributed by atoms with E-state index in [2.05, 4.69) is 33.2 Å². The summed E-state index contributed by atoms with van der Waals surface area (Å²) in [6.45, 7) is 3.99. The Morgan fingerprint density at radius 1 is 1.41 bits per heavy atom. The Hall–Kier alpha value is -0.620. The van der Waals surface area contributed by atoms with Crippen LogP contribution in [0, 0.1) is 10.5 Å². The van der Waals surface area contributed by atoms with E-state index in [4.69, 9.17) is 0 Å². The molecule has 4 heteroatoms. The zero-order valence-corrected chi connectivity index (χ0v) is 12.1. The van der Waals surface area contributed by atoms with Crippen molar-refractivity contribution in [2.24, 2.45) is 0 Å². The molecular weight excluding hydrogens is 327 g/mol. The minimum absolute atomic E-state index is 0.0629. The van der Waals surface area contributed by atoms with E-state index in [1.54, 1.807) is 0 Å². The highest BCUT2D eigenvalue weighted by Crippen LogP contribution is 2.16. The van der Waals surface area contributed by atoms with Crippen molar-refractivity contribution in [3.8, 4) is 0 Å². The van der Waals surface area contributed by atoms with Gasteiger partial charge >= 0.3 is 0 Å². The molecule has 1 aliphatic rings. The summed E-state index contributed by atoms with van der Waals surface area (Å²) in [5, 5.41) is 6.42. The van der Waals surface area contributed by atoms with Crippen LogP contribution < -0.4 is 10.6 Å². The minimum Gasteiger partial charge on any atom is -0.349 e. The Bertz CT molecular complexity index is 414. The second-order valence-corrected chi connectivity index (χ2v) is 5.57. The molecule has 0 radical (unpaired) electrons. The first kappa shape index (κ1) is 12.8. The van der Waals surface area contributed by atoms with Gasteiger partial charge in [-0.05, 0) is 73.1 Å². The Kier molecular flexibility index (Phi) is 4.39. The number of amides is 1. The summed E-state index contributed by atoms with van der Waals surface area (Å²) < 4.78 is 1.14. The summed E-state index contributed by atoms with van der Waals surface area (Å²) in [7, 11) is 0. The Balaban J connectivity index is 2.06. The van der Waals surface area contributed by atoms with Crippen LogP contribution in [0.4, 0.5) is 0 Å². The average molecular weight is 344 g/mol. The second-order valence-electron chi connectivity index (χ2n) is 4.41. The third kappa shape index (κ3) is 3.19. The van der Waals surface area contributed by atoms with E-state index in [1.165, 1.54) is 0 Å². The molecule has 1 amide bonds. The lowest BCUT2D eigenvalue weighted by Crippen LogP contribution is -2.42. The van der Waals surface area contributed by atoms with E-state index in [0.29, 0.717) is 6.04 Å². The van der Waals surface area contributed by atoms with Gasteiger partial charge in [-0.15, -0.1) is 0 Å². The predicted molar refractivity (Wildman–Crippen MR) is 77.3 cm³/mol. The fourth-order valence-electron chi connectivity index (χ4n) is 2.08. The van der Waals surface area contributed by atoms with Crippen molar-refractivity contribution in [3.63, 3.8) is 0 Å². The molecule has 0 atom stereocenters. The Morgan fingerprint density at radius 2 is 2.12 bits per heavy atom. The van der Waals surface area contributed by atoms with Crippen LogP contribution in [0.5, 0.6) is 0 Å². The summed E-state index contributed by atoms with van der Waals surface area (Å²) in [4.78, 5) is 12.2. The zero-order chi connectivity index (χ0) is 12.3. The van der Waals surface area contributed by atoms with Gasteiger partial charge in [-0.2, -0.15) is 0 Å². The van der Waals surface area contributed by atoms with Gasteiger partial charge in [0.25, 0.3) is 5.91 Å². The van der Waals surface area contributed by atoms with Crippen LogP contribution in [0.1, 0.15) is 28.8 Å². The number of carbonyl (C=O) groups excluding carboxylic acids is 1. The highest BCUT2D eigenvalue weighted by molar-refractivity contribution is 14.1. The highest BCUT2D eigenvalue weighted by atomic mass is 127. The van der Waals surface area contributed by atoms with Crippen molar-refractivity contribution in [1.82, 2.24) is 10.6 Å². The summed E-state index contributed by atoms with van der Waals surface area (Å²) in [5.74, 6) is 0.0629. The number of piperidine rings is 1. The number of halogens is 1. The van der Waals surface area contributed by atoms with Gasteiger partial charge in [0, 0.05) is 15.2 Å². The maximum absolute atomic E-state index is 12.2. The molecule has 1 fully saturated rings. The van der Waals surface area contributed by atoms with Crippen molar-refractivity contribution >= 4 is 28.5 Å². The molecule has 0 spiro atoms. The molecule has 1 heterocycles. The van der Waals surface area contributed by atoms with Gasteiger partial charge < -0.3 is 10.6 Å². The molecule has 1 saturated heterocycles. The fraction of sp³-hybridized carbons (Fsp3) is 0.462. The van der Waals surface area contributed by atoms with E-state index in [-0.39, 0.29) is 5.91 Å². The maximum Gasteiger partial charge on any atom is 0.251 e. The molecule has 2 rings (SSSR count). The zero-order valence-electron chi connectivity index (χ0n) is 9.92. The van der Waals surface area contributed by atoms with E-state index in [1.807, 2.05) is 25.1 Å². The summed E-state index contributed by atoms with van der Waals surface area (Å²) in [6, 6.07) is 6.18. The smallest absolute Gasteiger partial charge is 0.251 e. The van der Waals surface area contributed by atoms with Crippen LogP contribution in [0.3, 0.4) is 0 Å². The molecule has 1 aliphatic heterocycles. The van der Waals surface area contributed by atoms with Gasteiger partial charge in [-0.3, -0.25) is 4.79 Å². The third-order valence-electron chi connectivity index (χ3n) is 3.19. The summed E-state index contributed by atoms with van der Waals surface area (Å²) in [5.41, 5.74) is 1.87. The Morgan fingerprint density at radius 3 is 2.82 bits per heavy atom. The molecule has 0 aliphatic carbocycles. The van der Waals surface area contributed by atoms with Gasteiger partial charge in [-0.25, -0.2) is 0 Å². The number of hydrogen-bond donors (Lipinski definition) is 2. The lowest BCUT2D eigenvalue weighted by atomic mass is 10.0. The number of nitrogens with one attached hydrogen (secondary N) is 2. The lowest BCUT2D eigenvalue weighted by molar-refractivity contribution is 0.0929. The van der Waals surface area contributed by atoms with Crippen LogP contribution in [0.15, 0.2) is 18.2 Å². The van der Waals surface area contributed by atoms with Crippen LogP contribution in [0.25, 0.3) is 0 Å². The monoisotopic (exact) mass is 344 g/mol. The van der Waals surface area contributed by atoms with Crippen molar-refractivity contribution in [3.05, 3.63) is 32.9 Å². The molecule has 3 nitrogen and oxygen atoms in total. The van der Waals surface area contributed by atoms with Gasteiger partial charge in [0.05, 0.1) is 0 Å². The molecule has 1 aromatic rings. The van der Waals surface area contributed by atoms with Gasteiger partial charge in [0.15, 0.2) is 0 Å². The van der Waals surface area contributed by atoms with Gasteiger partial charge in [0.2, 0.25) is 0 Å². The average Bonchev–Trinajstić information content (AvgIpc) is 2.34. The van der Waals surface area contributed by atoms with Gasteiger partial charge in [0.1, 0.15) is 0 Å². The predicted octanol–water partition coefficient (Wildman–Crippen LogP) is 2.08. The van der Waals surface area contributed by atoms with Crippen LogP contribution >= 0.6 is 22.6 Å². The molecule has 1 aromatic carbocycles. The van der Waals surface area contributed by atoms with E-state index in [9.17, 15) is 4.79 Å². The number of rotatable bonds is 2. The van der Waals surface area contributed by atoms with Crippen molar-refractivity contribution < 1.29 is 4.79 Å². The van der Waals surface area contributed by atoms with Crippen molar-refractivity contribution in [1.29, 1.82) is 0 Å². The van der Waals surface area contributed by atoms with Crippen molar-refractivity contribution in [2.75, 3.05) is 13.1 Å². The first-order valence-electron chi connectivity index (χ1n) is 5.95. The molecule has 0 unspecified atom stereocenters. The maximum atomic E-state index is 12.2. The first-order chi connectivity index (χ1) is 8.18. The summed E-state index contributed by atoms with van der Waals surface area (Å²) >= 11 is 2.26. The van der Waals surface area contributed by atoms with Gasteiger partial charge in [-0.1, -0.05) is 6.07 Å². The topological polar surface area (TPSA) is 41.1 Å². The normalized spacial score (nSPS) is 16.8. The number of benzene rings is 1. The standard InChI is InChI=1S/C13H17IN2O/c1-9-11(3-2-4-12(9)14)13(17)16-10-5-7-15-8-6-10/h2-4,10,15H,5-8H2,1H3,(H,16,17). The molecule has 0 aromatic heterocycles. The van der Waals surface area contributed by atoms with E-state index < -0.39 is 0 Å². The highest BCUT2D eigenvalue weighted by Gasteiger charge is 2.17. The van der Waals surface area contributed by atoms with Crippen LogP contribution in [-0.4, -0.2) is 25.0 Å². The Labute approximate surface area is 116 Å². The van der Waals surface area contributed by atoms with E-state index >= 15 is 0 Å². The van der Waals surface area contributed by atoms with Crippen LogP contribution in [0.2, 0.25) is 0 Å². The van der Waals surface area contributed by atoms with Crippen LogP contribution in [-0.2, 0) is 0 Å². The van der Waals surface area contributed by atoms with Crippen molar-refractivity contribution in [2.45, 2.75) is 25.8 Å². The molecular formula is C13H17IN2O. The number of hydrogen-bond acceptors (Lipinski definition) is 2. The molecule has 92 valence electrons. The molecule has 17 heavy (non-hydrogen) atoms. The quantitative estimate of drug-likeness (QED) is 0.807. The third-order valence-corrected chi connectivity index (χ3v) is 4.36. The largest absolute Gasteiger partial charge is 0.349 e. The minimum atomic E-state index is 0.0629. The second kappa shape index (κ2) is 5.82. The fourth-order valence-corrected chi connectivity index (χ4v) is 2.58. The van der Waals surface area contributed by atoms with E-state index in [0.717, 1.165) is 40.6 Å². The molecule has 0 saturated carbocycles. The molecule has 0 bridgehead atoms. The first-order valence-corrected chi connectivity index (χ1v) is 7.03. The SMILES string of the molecule is Cc1c(I)cccc1C(=O)NC1CCNCC1. The molecule has 2 N–H and O–H groups in total.